The van der Waals surface area contributed by atoms with Gasteiger partial charge in [0.2, 0.25) is 5.91 Å². The maximum Gasteiger partial charge on any atom is 0.336 e. The van der Waals surface area contributed by atoms with Crippen molar-refractivity contribution in [2.45, 2.75) is 42.4 Å². The highest BCUT2D eigenvalue weighted by atomic mass is 32.2. The molecule has 8 heteroatoms. The number of anilines is 1. The number of nitrogens with zero attached hydrogens (tertiary/aromatic N) is 3. The van der Waals surface area contributed by atoms with Gasteiger partial charge in [0, 0.05) is 22.3 Å². The van der Waals surface area contributed by atoms with Gasteiger partial charge >= 0.3 is 5.97 Å². The van der Waals surface area contributed by atoms with Gasteiger partial charge in [-0.2, -0.15) is 5.26 Å². The van der Waals surface area contributed by atoms with Crippen LogP contribution in [-0.2, 0) is 17.6 Å². The van der Waals surface area contributed by atoms with Crippen molar-refractivity contribution < 1.29 is 14.7 Å². The second-order valence-corrected chi connectivity index (χ2v) is 11.9. The predicted molar refractivity (Wildman–Crippen MR) is 168 cm³/mol. The molecule has 1 aliphatic rings. The quantitative estimate of drug-likeness (QED) is 0.193. The lowest BCUT2D eigenvalue weighted by Gasteiger charge is -2.25. The van der Waals surface area contributed by atoms with Crippen molar-refractivity contribution in [1.82, 2.24) is 9.97 Å². The molecule has 0 saturated heterocycles. The summed E-state index contributed by atoms with van der Waals surface area (Å²) in [6.45, 7) is 1.80. The van der Waals surface area contributed by atoms with Crippen LogP contribution in [0.25, 0.3) is 22.2 Å². The number of amides is 1. The Kier molecular flexibility index (Phi) is 7.91. The first-order chi connectivity index (χ1) is 20.9. The van der Waals surface area contributed by atoms with E-state index in [0.717, 1.165) is 36.1 Å². The van der Waals surface area contributed by atoms with Gasteiger partial charge in [0.25, 0.3) is 0 Å². The number of thioether (sulfide) groups is 1. The Morgan fingerprint density at radius 1 is 1.00 bits per heavy atom. The van der Waals surface area contributed by atoms with Crippen molar-refractivity contribution in [1.29, 1.82) is 5.26 Å². The van der Waals surface area contributed by atoms with Crippen LogP contribution in [0.2, 0.25) is 0 Å². The highest BCUT2D eigenvalue weighted by molar-refractivity contribution is 8.00. The molecule has 3 aromatic carbocycles. The second-order valence-electron chi connectivity index (χ2n) is 10.6. The highest BCUT2D eigenvalue weighted by Gasteiger charge is 2.25. The summed E-state index contributed by atoms with van der Waals surface area (Å²) in [4.78, 5) is 34.4. The standard InChI is InChI=1S/C35H28N4O3S/c1-21(43-34-26(20-36)18-25-17-24(13-16-30(25)39-34)22-7-3-2-4-8-22)33(40)37-27-14-11-23(12-15-27)32-19-29(35(41)42)28-9-5-6-10-31(28)38-32/h2-12,14-15,18-19,21,24H,13,16-17H2,1H3,(H,37,40)(H,41,42). The van der Waals surface area contributed by atoms with E-state index in [-0.39, 0.29) is 11.5 Å². The first-order valence-corrected chi connectivity index (χ1v) is 15.0. The first-order valence-electron chi connectivity index (χ1n) is 14.1. The zero-order valence-electron chi connectivity index (χ0n) is 23.4. The Balaban J connectivity index is 1.14. The smallest absolute Gasteiger partial charge is 0.336 e. The van der Waals surface area contributed by atoms with E-state index in [0.29, 0.717) is 38.8 Å². The monoisotopic (exact) mass is 584 g/mol. The third-order valence-electron chi connectivity index (χ3n) is 7.80. The van der Waals surface area contributed by atoms with Gasteiger partial charge in [0.15, 0.2) is 0 Å². The summed E-state index contributed by atoms with van der Waals surface area (Å²) in [5.41, 5.74) is 6.57. The molecule has 0 saturated carbocycles. The Hall–Kier alpha value is -5.00. The molecule has 1 amide bonds. The molecule has 2 atom stereocenters. The molecular weight excluding hydrogens is 556 g/mol. The van der Waals surface area contributed by atoms with Crippen molar-refractivity contribution in [2.75, 3.05) is 5.32 Å². The lowest BCUT2D eigenvalue weighted by molar-refractivity contribution is -0.115. The molecule has 0 spiro atoms. The molecule has 2 aromatic heterocycles. The van der Waals surface area contributed by atoms with Crippen LogP contribution in [0, 0.1) is 11.3 Å². The molecule has 6 rings (SSSR count). The first kappa shape index (κ1) is 28.1. The van der Waals surface area contributed by atoms with Gasteiger partial charge in [-0.15, -0.1) is 0 Å². The van der Waals surface area contributed by atoms with Gasteiger partial charge in [0.05, 0.1) is 27.6 Å². The number of hydrogen-bond donors (Lipinski definition) is 2. The molecule has 2 heterocycles. The summed E-state index contributed by atoms with van der Waals surface area (Å²) in [6, 6.07) is 30.5. The number of carbonyl (C=O) groups is 2. The summed E-state index contributed by atoms with van der Waals surface area (Å²) in [5.74, 6) is -0.810. The number of aromatic nitrogens is 2. The molecule has 2 unspecified atom stereocenters. The fourth-order valence-electron chi connectivity index (χ4n) is 5.51. The van der Waals surface area contributed by atoms with Crippen LogP contribution < -0.4 is 5.32 Å². The lowest BCUT2D eigenvalue weighted by Crippen LogP contribution is -2.23. The summed E-state index contributed by atoms with van der Waals surface area (Å²) in [7, 11) is 0. The van der Waals surface area contributed by atoms with Crippen molar-refractivity contribution >= 4 is 40.2 Å². The fourth-order valence-corrected chi connectivity index (χ4v) is 6.41. The van der Waals surface area contributed by atoms with Gasteiger partial charge < -0.3 is 10.4 Å². The third kappa shape index (κ3) is 5.99. The van der Waals surface area contributed by atoms with Crippen molar-refractivity contribution in [2.24, 2.45) is 0 Å². The third-order valence-corrected chi connectivity index (χ3v) is 8.90. The second kappa shape index (κ2) is 12.1. The molecule has 0 fully saturated rings. The number of carboxylic acid groups (broad SMARTS) is 1. The average molecular weight is 585 g/mol. The van der Waals surface area contributed by atoms with E-state index < -0.39 is 11.2 Å². The number of aromatic carboxylic acids is 1. The zero-order chi connectivity index (χ0) is 29.9. The number of benzene rings is 3. The summed E-state index contributed by atoms with van der Waals surface area (Å²) in [5, 5.41) is 23.2. The van der Waals surface area contributed by atoms with Crippen LogP contribution in [0.4, 0.5) is 5.69 Å². The van der Waals surface area contributed by atoms with Crippen molar-refractivity contribution in [3.8, 4) is 17.3 Å². The molecule has 212 valence electrons. The van der Waals surface area contributed by atoms with Crippen LogP contribution in [0.1, 0.15) is 52.0 Å². The minimum absolute atomic E-state index is 0.187. The van der Waals surface area contributed by atoms with Gasteiger partial charge in [-0.25, -0.2) is 14.8 Å². The maximum absolute atomic E-state index is 13.1. The molecule has 7 nitrogen and oxygen atoms in total. The van der Waals surface area contributed by atoms with Gasteiger partial charge in [-0.1, -0.05) is 72.4 Å². The summed E-state index contributed by atoms with van der Waals surface area (Å²) < 4.78 is 0. The number of aryl methyl sites for hydroxylation is 1. The largest absolute Gasteiger partial charge is 0.478 e. The Morgan fingerprint density at radius 3 is 2.49 bits per heavy atom. The number of para-hydroxylation sites is 1. The van der Waals surface area contributed by atoms with E-state index >= 15 is 0 Å². The SMILES string of the molecule is CC(Sc1nc2c(cc1C#N)CC(c1ccccc1)CC2)C(=O)Nc1ccc(-c2cc(C(=O)O)c3ccccc3n2)cc1. The molecule has 1 aliphatic carbocycles. The highest BCUT2D eigenvalue weighted by Crippen LogP contribution is 2.35. The van der Waals surface area contributed by atoms with Crippen LogP contribution in [0.3, 0.4) is 0 Å². The van der Waals surface area contributed by atoms with Gasteiger partial charge in [-0.05, 0) is 73.6 Å². The van der Waals surface area contributed by atoms with Crippen molar-refractivity contribution in [3.63, 3.8) is 0 Å². The Labute approximate surface area is 253 Å². The van der Waals surface area contributed by atoms with E-state index in [1.54, 1.807) is 55.5 Å². The molecule has 0 aliphatic heterocycles. The van der Waals surface area contributed by atoms with E-state index in [2.05, 4.69) is 40.6 Å². The number of nitrogens with one attached hydrogen (secondary N) is 1. The van der Waals surface area contributed by atoms with Crippen molar-refractivity contribution in [3.05, 3.63) is 119 Å². The van der Waals surface area contributed by atoms with Crippen LogP contribution >= 0.6 is 11.8 Å². The number of nitriles is 1. The summed E-state index contributed by atoms with van der Waals surface area (Å²) >= 11 is 1.29. The maximum atomic E-state index is 13.1. The molecule has 0 bridgehead atoms. The topological polar surface area (TPSA) is 116 Å². The molecule has 43 heavy (non-hydrogen) atoms. The van der Waals surface area contributed by atoms with E-state index in [1.807, 2.05) is 18.2 Å². The number of carboxylic acids is 1. The molecule has 2 N–H and O–H groups in total. The number of rotatable bonds is 7. The average Bonchev–Trinajstić information content (AvgIpc) is 3.04. The van der Waals surface area contributed by atoms with E-state index in [9.17, 15) is 20.0 Å². The van der Waals surface area contributed by atoms with Gasteiger partial charge in [0.1, 0.15) is 11.1 Å². The molecule has 5 aromatic rings. The van der Waals surface area contributed by atoms with Gasteiger partial charge in [-0.3, -0.25) is 4.79 Å². The molecule has 0 radical (unpaired) electrons. The zero-order valence-corrected chi connectivity index (χ0v) is 24.3. The number of hydrogen-bond acceptors (Lipinski definition) is 6. The molecular formula is C35H28N4O3S. The number of pyridine rings is 2. The lowest BCUT2D eigenvalue weighted by atomic mass is 9.82. The van der Waals surface area contributed by atoms with E-state index in [1.165, 1.54) is 17.3 Å². The summed E-state index contributed by atoms with van der Waals surface area (Å²) in [6.07, 6.45) is 2.68. The van der Waals surface area contributed by atoms with Crippen LogP contribution in [-0.4, -0.2) is 32.2 Å². The predicted octanol–water partition coefficient (Wildman–Crippen LogP) is 7.26. The minimum atomic E-state index is -1.01. The van der Waals surface area contributed by atoms with E-state index in [4.69, 9.17) is 4.98 Å². The number of fused-ring (bicyclic) bond motifs is 2. The fraction of sp³-hybridized carbons (Fsp3) is 0.171. The van der Waals surface area contributed by atoms with Crippen LogP contribution in [0.5, 0.6) is 0 Å². The Bertz CT molecular complexity index is 1880. The van der Waals surface area contributed by atoms with Crippen LogP contribution in [0.15, 0.2) is 96.0 Å². The normalized spacial score (nSPS) is 14.8. The Morgan fingerprint density at radius 2 is 1.74 bits per heavy atom. The minimum Gasteiger partial charge on any atom is -0.478 e. The number of carbonyl (C=O) groups excluding carboxylic acids is 1.